The van der Waals surface area contributed by atoms with Crippen molar-refractivity contribution < 1.29 is 9.84 Å². The highest BCUT2D eigenvalue weighted by molar-refractivity contribution is 6.54. The Balaban J connectivity index is 0.000000982. The van der Waals surface area contributed by atoms with Gasteiger partial charge in [-0.1, -0.05) is 46.4 Å². The molecule has 1 aromatic carbocycles. The molecule has 0 aromatic heterocycles. The number of hydrogen-bond acceptors (Lipinski definition) is 4. The molecule has 0 saturated carbocycles. The van der Waals surface area contributed by atoms with Crippen LogP contribution in [0.15, 0.2) is 0 Å². The minimum Gasteiger partial charge on any atom is -0.395 e. The van der Waals surface area contributed by atoms with Crippen molar-refractivity contribution >= 4 is 57.8 Å². The van der Waals surface area contributed by atoms with Gasteiger partial charge < -0.3 is 20.5 Å². The van der Waals surface area contributed by atoms with Crippen LogP contribution in [0.4, 0.5) is 11.4 Å². The predicted octanol–water partition coefficient (Wildman–Crippen LogP) is 4.01. The van der Waals surface area contributed by atoms with Gasteiger partial charge in [0.25, 0.3) is 0 Å². The summed E-state index contributed by atoms with van der Waals surface area (Å²) in [6, 6.07) is 0. The molecule has 1 aromatic rings. The van der Waals surface area contributed by atoms with Crippen LogP contribution in [0.2, 0.25) is 20.1 Å². The van der Waals surface area contributed by atoms with E-state index in [9.17, 15) is 0 Å². The van der Waals surface area contributed by atoms with Gasteiger partial charge in [-0.3, -0.25) is 0 Å². The summed E-state index contributed by atoms with van der Waals surface area (Å²) in [5, 5.41) is 15.5. The molecule has 8 heteroatoms. The Labute approximate surface area is 132 Å². The van der Waals surface area contributed by atoms with E-state index in [1.54, 1.807) is 21.3 Å². The number of ether oxygens (including phenoxy) is 1. The molecule has 110 valence electrons. The number of benzene rings is 1. The summed E-state index contributed by atoms with van der Waals surface area (Å²) in [5.74, 6) is 0. The number of halogens is 4. The Morgan fingerprint density at radius 2 is 1.37 bits per heavy atom. The number of aliphatic hydroxyl groups excluding tert-OH is 1. The van der Waals surface area contributed by atoms with Crippen molar-refractivity contribution in [1.82, 2.24) is 0 Å². The molecule has 0 fully saturated rings. The molecule has 0 radical (unpaired) electrons. The van der Waals surface area contributed by atoms with Crippen molar-refractivity contribution in [3.8, 4) is 0 Å². The van der Waals surface area contributed by atoms with Crippen molar-refractivity contribution in [3.05, 3.63) is 20.1 Å². The highest BCUT2D eigenvalue weighted by atomic mass is 35.5. The Kier molecular flexibility index (Phi) is 9.70. The van der Waals surface area contributed by atoms with E-state index in [2.05, 4.69) is 15.4 Å². The van der Waals surface area contributed by atoms with E-state index >= 15 is 0 Å². The van der Waals surface area contributed by atoms with Gasteiger partial charge in [0.15, 0.2) is 0 Å². The average Bonchev–Trinajstić information content (AvgIpc) is 2.40. The molecule has 0 saturated heterocycles. The molecule has 0 aliphatic rings. The van der Waals surface area contributed by atoms with Crippen molar-refractivity contribution in [2.24, 2.45) is 0 Å². The summed E-state index contributed by atoms with van der Waals surface area (Å²) in [5.41, 5.74) is 1.08. The number of methoxy groups -OCH3 is 1. The highest BCUT2D eigenvalue weighted by Crippen LogP contribution is 2.47. The maximum Gasteiger partial charge on any atom is 0.0861 e. The molecule has 0 unspecified atom stereocenters. The zero-order valence-corrected chi connectivity index (χ0v) is 13.8. The Morgan fingerprint density at radius 1 is 0.947 bits per heavy atom. The zero-order valence-electron chi connectivity index (χ0n) is 10.8. The Bertz CT molecular complexity index is 416. The molecule has 19 heavy (non-hydrogen) atoms. The van der Waals surface area contributed by atoms with Crippen LogP contribution >= 0.6 is 46.4 Å². The molecule has 0 spiro atoms. The lowest BCUT2D eigenvalue weighted by atomic mass is 10.2. The van der Waals surface area contributed by atoms with Crippen LogP contribution in [0.3, 0.4) is 0 Å². The molecule has 3 N–H and O–H groups in total. The fraction of sp³-hybridized carbons (Fsp3) is 0.455. The van der Waals surface area contributed by atoms with Gasteiger partial charge in [0.1, 0.15) is 0 Å². The van der Waals surface area contributed by atoms with Crippen molar-refractivity contribution in [1.29, 1.82) is 0 Å². The molecule has 0 bridgehead atoms. The molecule has 0 amide bonds. The molecule has 0 atom stereocenters. The van der Waals surface area contributed by atoms with E-state index in [4.69, 9.17) is 51.5 Å². The van der Waals surface area contributed by atoms with Crippen LogP contribution < -0.4 is 10.6 Å². The minimum absolute atomic E-state index is 0.0304. The highest BCUT2D eigenvalue weighted by Gasteiger charge is 2.19. The van der Waals surface area contributed by atoms with E-state index in [-0.39, 0.29) is 21.7 Å². The van der Waals surface area contributed by atoms with E-state index in [1.165, 1.54) is 0 Å². The van der Waals surface area contributed by atoms with E-state index in [0.717, 1.165) is 0 Å². The van der Waals surface area contributed by atoms with Crippen LogP contribution in [0.5, 0.6) is 0 Å². The standard InChI is InChI=1S/C9H10Cl4N2O.C2H6O/c1-14-8-6(12)4(10)5(11)7(13)9(8)15-2-3-16;1-3-2/h14-16H,2-3H2,1H3;1-2H3. The van der Waals surface area contributed by atoms with Gasteiger partial charge in [-0.05, 0) is 0 Å². The van der Waals surface area contributed by atoms with Gasteiger partial charge in [-0.25, -0.2) is 0 Å². The van der Waals surface area contributed by atoms with Crippen LogP contribution in [0.1, 0.15) is 0 Å². The first-order chi connectivity index (χ1) is 8.95. The fourth-order valence-electron chi connectivity index (χ4n) is 1.21. The first-order valence-corrected chi connectivity index (χ1v) is 6.75. The second-order valence-electron chi connectivity index (χ2n) is 3.31. The summed E-state index contributed by atoms with van der Waals surface area (Å²) >= 11 is 23.9. The molecule has 0 aliphatic heterocycles. The van der Waals surface area contributed by atoms with Crippen LogP contribution in [-0.4, -0.2) is 39.5 Å². The first kappa shape index (κ1) is 18.9. The van der Waals surface area contributed by atoms with Crippen molar-refractivity contribution in [2.75, 3.05) is 45.1 Å². The fourth-order valence-corrected chi connectivity index (χ4v) is 2.23. The number of rotatable bonds is 4. The largest absolute Gasteiger partial charge is 0.395 e. The predicted molar refractivity (Wildman–Crippen MR) is 84.5 cm³/mol. The number of anilines is 2. The van der Waals surface area contributed by atoms with Crippen molar-refractivity contribution in [2.45, 2.75) is 0 Å². The van der Waals surface area contributed by atoms with Gasteiger partial charge >= 0.3 is 0 Å². The average molecular weight is 350 g/mol. The lowest BCUT2D eigenvalue weighted by molar-refractivity contribution is 0.277. The monoisotopic (exact) mass is 348 g/mol. The summed E-state index contributed by atoms with van der Waals surface area (Å²) in [6.07, 6.45) is 0. The quantitative estimate of drug-likeness (QED) is 0.567. The molecule has 0 heterocycles. The van der Waals surface area contributed by atoms with E-state index in [1.807, 2.05) is 0 Å². The third-order valence-electron chi connectivity index (χ3n) is 1.93. The number of aliphatic hydroxyl groups is 1. The van der Waals surface area contributed by atoms with Gasteiger partial charge in [0, 0.05) is 27.8 Å². The van der Waals surface area contributed by atoms with Crippen LogP contribution in [0.25, 0.3) is 0 Å². The van der Waals surface area contributed by atoms with Crippen LogP contribution in [-0.2, 0) is 4.74 Å². The lowest BCUT2D eigenvalue weighted by Gasteiger charge is -2.17. The molecular weight excluding hydrogens is 334 g/mol. The maximum absolute atomic E-state index is 8.76. The SMILES string of the molecule is CNc1c(Cl)c(Cl)c(Cl)c(Cl)c1NCCO.COC. The van der Waals surface area contributed by atoms with Gasteiger partial charge in [-0.15, -0.1) is 0 Å². The lowest BCUT2D eigenvalue weighted by Crippen LogP contribution is -2.08. The van der Waals surface area contributed by atoms with E-state index in [0.29, 0.717) is 22.9 Å². The summed E-state index contributed by atoms with van der Waals surface area (Å²) < 4.78 is 4.25. The Morgan fingerprint density at radius 3 is 1.74 bits per heavy atom. The molecular formula is C11H16Cl4N2O2. The summed E-state index contributed by atoms with van der Waals surface area (Å²) in [6.45, 7) is 0.306. The number of nitrogens with one attached hydrogen (secondary N) is 2. The third-order valence-corrected chi connectivity index (χ3v) is 3.73. The second kappa shape index (κ2) is 9.75. The van der Waals surface area contributed by atoms with Gasteiger partial charge in [-0.2, -0.15) is 0 Å². The topological polar surface area (TPSA) is 53.5 Å². The maximum atomic E-state index is 8.76. The molecule has 1 rings (SSSR count). The minimum atomic E-state index is -0.0304. The zero-order chi connectivity index (χ0) is 15.0. The molecule has 4 nitrogen and oxygen atoms in total. The third kappa shape index (κ3) is 5.06. The normalized spacial score (nSPS) is 9.68. The number of hydrogen-bond donors (Lipinski definition) is 3. The first-order valence-electron chi connectivity index (χ1n) is 5.24. The second-order valence-corrected chi connectivity index (χ2v) is 4.83. The van der Waals surface area contributed by atoms with Crippen molar-refractivity contribution in [3.63, 3.8) is 0 Å². The molecule has 0 aliphatic carbocycles. The summed E-state index contributed by atoms with van der Waals surface area (Å²) in [7, 11) is 4.94. The smallest absolute Gasteiger partial charge is 0.0861 e. The summed E-state index contributed by atoms with van der Waals surface area (Å²) in [4.78, 5) is 0. The van der Waals surface area contributed by atoms with Gasteiger partial charge in [0.2, 0.25) is 0 Å². The van der Waals surface area contributed by atoms with Gasteiger partial charge in [0.05, 0.1) is 38.1 Å². The van der Waals surface area contributed by atoms with E-state index < -0.39 is 0 Å². The Hall–Kier alpha value is -0.100. The van der Waals surface area contributed by atoms with Crippen LogP contribution in [0, 0.1) is 0 Å².